The Morgan fingerprint density at radius 3 is 2.26 bits per heavy atom. The van der Waals surface area contributed by atoms with E-state index >= 15 is 0 Å². The van der Waals surface area contributed by atoms with Crippen molar-refractivity contribution in [3.63, 3.8) is 0 Å². The Bertz CT molecular complexity index is 1450. The van der Waals surface area contributed by atoms with Crippen LogP contribution in [0.15, 0.2) is 89.5 Å². The SMILES string of the molecule is Cc1ccc(C(=O)Nc2ccc(N3CCOCC3)cc2)cc1-c1ccc(C(=O)Nc2cccc(Br)c2)cn1. The maximum absolute atomic E-state index is 13.0. The van der Waals surface area contributed by atoms with E-state index in [-0.39, 0.29) is 11.8 Å². The molecule has 1 fully saturated rings. The fourth-order valence-electron chi connectivity index (χ4n) is 4.28. The first-order valence-electron chi connectivity index (χ1n) is 12.3. The zero-order valence-corrected chi connectivity index (χ0v) is 22.5. The lowest BCUT2D eigenvalue weighted by Crippen LogP contribution is -2.36. The van der Waals surface area contributed by atoms with Gasteiger partial charge in [-0.1, -0.05) is 28.1 Å². The van der Waals surface area contributed by atoms with Crippen LogP contribution in [0.3, 0.4) is 0 Å². The molecule has 1 aliphatic heterocycles. The van der Waals surface area contributed by atoms with Crippen molar-refractivity contribution >= 4 is 44.8 Å². The van der Waals surface area contributed by atoms with Gasteiger partial charge in [0, 0.05) is 51.9 Å². The third-order valence-corrected chi connectivity index (χ3v) is 6.88. The second-order valence-corrected chi connectivity index (χ2v) is 9.94. The fourth-order valence-corrected chi connectivity index (χ4v) is 4.68. The number of hydrogen-bond donors (Lipinski definition) is 2. The molecule has 0 bridgehead atoms. The van der Waals surface area contributed by atoms with E-state index in [4.69, 9.17) is 4.74 Å². The standard InChI is InChI=1S/C30H27BrN4O3/c1-20-5-6-21(29(36)33-24-8-10-26(11-9-24)35-13-15-38-16-14-35)17-27(20)28-12-7-22(19-32-28)30(37)34-25-4-2-3-23(31)18-25/h2-12,17-19H,13-16H2,1H3,(H,33,36)(H,34,37). The van der Waals surface area contributed by atoms with Gasteiger partial charge in [-0.2, -0.15) is 0 Å². The Hall–Kier alpha value is -4.01. The quantitative estimate of drug-likeness (QED) is 0.290. The maximum atomic E-state index is 13.0. The number of halogens is 1. The first kappa shape index (κ1) is 25.6. The third-order valence-electron chi connectivity index (χ3n) is 6.39. The molecular weight excluding hydrogens is 544 g/mol. The summed E-state index contributed by atoms with van der Waals surface area (Å²) in [6.45, 7) is 5.15. The van der Waals surface area contributed by atoms with Crippen LogP contribution in [0.4, 0.5) is 17.1 Å². The predicted octanol–water partition coefficient (Wildman–Crippen LogP) is 6.16. The lowest BCUT2D eigenvalue weighted by atomic mass is 10.0. The molecule has 0 unspecified atom stereocenters. The first-order chi connectivity index (χ1) is 18.5. The molecule has 2 heterocycles. The molecule has 2 amide bonds. The molecule has 0 spiro atoms. The Kier molecular flexibility index (Phi) is 7.81. The minimum atomic E-state index is -0.244. The Morgan fingerprint density at radius 1 is 0.842 bits per heavy atom. The van der Waals surface area contributed by atoms with Crippen molar-refractivity contribution in [2.75, 3.05) is 41.8 Å². The zero-order valence-electron chi connectivity index (χ0n) is 20.9. The summed E-state index contributed by atoms with van der Waals surface area (Å²) in [5.41, 5.74) is 6.01. The molecule has 1 aromatic heterocycles. The number of aryl methyl sites for hydroxylation is 1. The number of ether oxygens (including phenoxy) is 1. The molecule has 1 saturated heterocycles. The van der Waals surface area contributed by atoms with Crippen molar-refractivity contribution in [3.8, 4) is 11.3 Å². The molecule has 0 saturated carbocycles. The fraction of sp³-hybridized carbons (Fsp3) is 0.167. The van der Waals surface area contributed by atoms with E-state index in [1.807, 2.05) is 67.6 Å². The largest absolute Gasteiger partial charge is 0.378 e. The average molecular weight is 571 g/mol. The van der Waals surface area contributed by atoms with E-state index in [2.05, 4.69) is 36.4 Å². The number of benzene rings is 3. The van der Waals surface area contributed by atoms with Gasteiger partial charge in [0.25, 0.3) is 11.8 Å². The number of aromatic nitrogens is 1. The maximum Gasteiger partial charge on any atom is 0.257 e. The second-order valence-electron chi connectivity index (χ2n) is 9.03. The van der Waals surface area contributed by atoms with Gasteiger partial charge in [-0.05, 0) is 79.2 Å². The summed E-state index contributed by atoms with van der Waals surface area (Å²) < 4.78 is 6.30. The van der Waals surface area contributed by atoms with Gasteiger partial charge in [0.15, 0.2) is 0 Å². The van der Waals surface area contributed by atoms with Gasteiger partial charge >= 0.3 is 0 Å². The Morgan fingerprint density at radius 2 is 1.55 bits per heavy atom. The number of carbonyl (C=O) groups is 2. The molecular formula is C30H27BrN4O3. The highest BCUT2D eigenvalue weighted by Crippen LogP contribution is 2.25. The molecule has 3 aromatic carbocycles. The number of carbonyl (C=O) groups excluding carboxylic acids is 2. The highest BCUT2D eigenvalue weighted by Gasteiger charge is 2.14. The number of nitrogens with zero attached hydrogens (tertiary/aromatic N) is 2. The smallest absolute Gasteiger partial charge is 0.257 e. The van der Waals surface area contributed by atoms with E-state index in [0.29, 0.717) is 22.5 Å². The summed E-state index contributed by atoms with van der Waals surface area (Å²) in [5, 5.41) is 5.85. The molecule has 4 aromatic rings. The summed E-state index contributed by atoms with van der Waals surface area (Å²) >= 11 is 3.40. The number of amides is 2. The summed E-state index contributed by atoms with van der Waals surface area (Å²) in [4.78, 5) is 32.4. The van der Waals surface area contributed by atoms with Gasteiger partial charge in [0.2, 0.25) is 0 Å². The summed E-state index contributed by atoms with van der Waals surface area (Å²) in [6, 6.07) is 24.3. The van der Waals surface area contributed by atoms with E-state index < -0.39 is 0 Å². The van der Waals surface area contributed by atoms with Crippen molar-refractivity contribution in [2.24, 2.45) is 0 Å². The van der Waals surface area contributed by atoms with Crippen molar-refractivity contribution in [1.82, 2.24) is 4.98 Å². The lowest BCUT2D eigenvalue weighted by molar-refractivity contribution is 0.101. The summed E-state index contributed by atoms with van der Waals surface area (Å²) in [5.74, 6) is -0.443. The van der Waals surface area contributed by atoms with Gasteiger partial charge in [0.05, 0.1) is 24.5 Å². The van der Waals surface area contributed by atoms with Crippen LogP contribution in [-0.4, -0.2) is 43.1 Å². The molecule has 2 N–H and O–H groups in total. The monoisotopic (exact) mass is 570 g/mol. The normalized spacial score (nSPS) is 13.2. The van der Waals surface area contributed by atoms with Crippen LogP contribution >= 0.6 is 15.9 Å². The number of anilines is 3. The molecule has 5 rings (SSSR count). The van der Waals surface area contributed by atoms with Crippen LogP contribution in [0.5, 0.6) is 0 Å². The Labute approximate surface area is 230 Å². The Balaban J connectivity index is 1.27. The van der Waals surface area contributed by atoms with Gasteiger partial charge < -0.3 is 20.3 Å². The van der Waals surface area contributed by atoms with Crippen molar-refractivity contribution in [3.05, 3.63) is 106 Å². The van der Waals surface area contributed by atoms with Crippen LogP contribution < -0.4 is 15.5 Å². The topological polar surface area (TPSA) is 83.6 Å². The molecule has 1 aliphatic rings. The van der Waals surface area contributed by atoms with E-state index in [1.165, 1.54) is 0 Å². The first-order valence-corrected chi connectivity index (χ1v) is 13.1. The van der Waals surface area contributed by atoms with Crippen LogP contribution in [-0.2, 0) is 4.74 Å². The van der Waals surface area contributed by atoms with Gasteiger partial charge in [-0.15, -0.1) is 0 Å². The van der Waals surface area contributed by atoms with Gasteiger partial charge in [-0.3, -0.25) is 14.6 Å². The zero-order chi connectivity index (χ0) is 26.5. The molecule has 7 nitrogen and oxygen atoms in total. The van der Waals surface area contributed by atoms with Gasteiger partial charge in [0.1, 0.15) is 0 Å². The molecule has 192 valence electrons. The lowest BCUT2D eigenvalue weighted by Gasteiger charge is -2.28. The van der Waals surface area contributed by atoms with E-state index in [9.17, 15) is 9.59 Å². The van der Waals surface area contributed by atoms with Crippen molar-refractivity contribution in [2.45, 2.75) is 6.92 Å². The predicted molar refractivity (Wildman–Crippen MR) is 154 cm³/mol. The third kappa shape index (κ3) is 6.10. The molecule has 8 heteroatoms. The van der Waals surface area contributed by atoms with Crippen LogP contribution in [0.1, 0.15) is 26.3 Å². The van der Waals surface area contributed by atoms with Crippen molar-refractivity contribution < 1.29 is 14.3 Å². The number of pyridine rings is 1. The van der Waals surface area contributed by atoms with E-state index in [1.54, 1.807) is 24.4 Å². The number of rotatable bonds is 6. The van der Waals surface area contributed by atoms with Gasteiger partial charge in [-0.25, -0.2) is 0 Å². The summed E-state index contributed by atoms with van der Waals surface area (Å²) in [6.07, 6.45) is 1.55. The summed E-state index contributed by atoms with van der Waals surface area (Å²) in [7, 11) is 0. The number of morpholine rings is 1. The number of nitrogens with one attached hydrogen (secondary N) is 2. The molecule has 0 atom stereocenters. The molecule has 0 radical (unpaired) electrons. The number of hydrogen-bond acceptors (Lipinski definition) is 5. The highest BCUT2D eigenvalue weighted by molar-refractivity contribution is 9.10. The van der Waals surface area contributed by atoms with Crippen LogP contribution in [0.25, 0.3) is 11.3 Å². The van der Waals surface area contributed by atoms with Crippen LogP contribution in [0.2, 0.25) is 0 Å². The molecule has 38 heavy (non-hydrogen) atoms. The molecule has 0 aliphatic carbocycles. The second kappa shape index (κ2) is 11.6. The van der Waals surface area contributed by atoms with Crippen molar-refractivity contribution in [1.29, 1.82) is 0 Å². The van der Waals surface area contributed by atoms with Crippen LogP contribution in [0, 0.1) is 6.92 Å². The average Bonchev–Trinajstić information content (AvgIpc) is 2.94. The minimum Gasteiger partial charge on any atom is -0.378 e. The minimum absolute atomic E-state index is 0.199. The van der Waals surface area contributed by atoms with E-state index in [0.717, 1.165) is 53.3 Å². The highest BCUT2D eigenvalue weighted by atomic mass is 79.9.